The van der Waals surface area contributed by atoms with Crippen LogP contribution in [0, 0.1) is 5.92 Å². The molecule has 0 spiro atoms. The zero-order valence-corrected chi connectivity index (χ0v) is 16.5. The van der Waals surface area contributed by atoms with Crippen molar-refractivity contribution in [3.63, 3.8) is 0 Å². The van der Waals surface area contributed by atoms with E-state index >= 15 is 0 Å². The number of nitrogens with one attached hydrogen (secondary N) is 2. The Kier molecular flexibility index (Phi) is 5.87. The first-order valence-corrected chi connectivity index (χ1v) is 10.7. The monoisotopic (exact) mass is 403 g/mol. The maximum atomic E-state index is 12.9. The number of amides is 3. The van der Waals surface area contributed by atoms with Gasteiger partial charge in [0.1, 0.15) is 0 Å². The number of benzene rings is 1. The van der Waals surface area contributed by atoms with E-state index in [0.29, 0.717) is 32.5 Å². The number of carbonyl (C=O) groups is 3. The third-order valence-electron chi connectivity index (χ3n) is 5.56. The number of anilines is 1. The van der Waals surface area contributed by atoms with Gasteiger partial charge in [0.05, 0.1) is 11.8 Å². The fourth-order valence-corrected chi connectivity index (χ4v) is 4.98. The molecule has 0 unspecified atom stereocenters. The van der Waals surface area contributed by atoms with Crippen LogP contribution in [0.2, 0.25) is 0 Å². The molecule has 2 N–H and O–H groups in total. The molecule has 2 fully saturated rings. The highest BCUT2D eigenvalue weighted by molar-refractivity contribution is 8.01. The molecule has 1 aromatic carbocycles. The second-order valence-corrected chi connectivity index (χ2v) is 8.61. The summed E-state index contributed by atoms with van der Waals surface area (Å²) in [6.07, 6.45) is 3.43. The standard InChI is InChI=1S/C20H25N3O4S/c24-18(21-12-14-4-3-11-27-14)13-7-9-23(10-8-13)20(26)17-19(25)22-15-5-1-2-6-16(15)28-17/h1-2,5-6,13-14,17H,3-4,7-12H2,(H,21,24)(H,22,25)/t14-,17+/m1/s1. The van der Waals surface area contributed by atoms with Crippen molar-refractivity contribution in [1.29, 1.82) is 0 Å². The van der Waals surface area contributed by atoms with Crippen LogP contribution >= 0.6 is 11.8 Å². The van der Waals surface area contributed by atoms with Crippen molar-refractivity contribution in [3.8, 4) is 0 Å². The molecule has 0 aromatic heterocycles. The lowest BCUT2D eigenvalue weighted by molar-refractivity contribution is -0.137. The van der Waals surface area contributed by atoms with Crippen LogP contribution in [-0.2, 0) is 19.1 Å². The average molecular weight is 404 g/mol. The van der Waals surface area contributed by atoms with Crippen molar-refractivity contribution < 1.29 is 19.1 Å². The molecule has 3 heterocycles. The highest BCUT2D eigenvalue weighted by Gasteiger charge is 2.37. The van der Waals surface area contributed by atoms with Gasteiger partial charge in [-0.2, -0.15) is 0 Å². The van der Waals surface area contributed by atoms with Crippen LogP contribution in [0.5, 0.6) is 0 Å². The quantitative estimate of drug-likeness (QED) is 0.746. The van der Waals surface area contributed by atoms with Crippen LogP contribution in [0.25, 0.3) is 0 Å². The number of rotatable bonds is 4. The van der Waals surface area contributed by atoms with Gasteiger partial charge >= 0.3 is 0 Å². The minimum atomic E-state index is -0.764. The maximum absolute atomic E-state index is 12.9. The van der Waals surface area contributed by atoms with Gasteiger partial charge in [0.25, 0.3) is 0 Å². The molecule has 2 saturated heterocycles. The zero-order valence-electron chi connectivity index (χ0n) is 15.7. The predicted octanol–water partition coefficient (Wildman–Crippen LogP) is 1.63. The summed E-state index contributed by atoms with van der Waals surface area (Å²) in [5.74, 6) is -0.485. The number of para-hydroxylation sites is 1. The number of fused-ring (bicyclic) bond motifs is 1. The van der Waals surface area contributed by atoms with Crippen LogP contribution in [0.1, 0.15) is 25.7 Å². The third kappa shape index (κ3) is 4.17. The molecular formula is C20H25N3O4S. The average Bonchev–Trinajstić information content (AvgIpc) is 3.25. The van der Waals surface area contributed by atoms with Crippen LogP contribution in [-0.4, -0.2) is 60.2 Å². The number of hydrogen-bond acceptors (Lipinski definition) is 5. The van der Waals surface area contributed by atoms with Gasteiger partial charge in [0, 0.05) is 37.1 Å². The Balaban J connectivity index is 1.28. The first-order valence-electron chi connectivity index (χ1n) is 9.86. The molecule has 3 amide bonds. The Morgan fingerprint density at radius 3 is 2.75 bits per heavy atom. The normalized spacial score (nSPS) is 25.1. The molecule has 0 radical (unpaired) electrons. The molecule has 2 atom stereocenters. The van der Waals surface area contributed by atoms with Gasteiger partial charge in [-0.05, 0) is 37.8 Å². The molecule has 0 bridgehead atoms. The Morgan fingerprint density at radius 2 is 2.00 bits per heavy atom. The van der Waals surface area contributed by atoms with Crippen molar-refractivity contribution in [2.75, 3.05) is 31.6 Å². The smallest absolute Gasteiger partial charge is 0.247 e. The van der Waals surface area contributed by atoms with E-state index in [1.54, 1.807) is 4.90 Å². The van der Waals surface area contributed by atoms with Crippen molar-refractivity contribution >= 4 is 35.2 Å². The summed E-state index contributed by atoms with van der Waals surface area (Å²) in [6.45, 7) is 2.35. The van der Waals surface area contributed by atoms with Gasteiger partial charge in [-0.15, -0.1) is 11.8 Å². The topological polar surface area (TPSA) is 87.7 Å². The Bertz CT molecular complexity index is 758. The molecule has 28 heavy (non-hydrogen) atoms. The van der Waals surface area contributed by atoms with Crippen molar-refractivity contribution in [2.24, 2.45) is 5.92 Å². The van der Waals surface area contributed by atoms with Gasteiger partial charge in [0.2, 0.25) is 17.7 Å². The first kappa shape index (κ1) is 19.3. The number of piperidine rings is 1. The number of carbonyl (C=O) groups excluding carboxylic acids is 3. The largest absolute Gasteiger partial charge is 0.376 e. The lowest BCUT2D eigenvalue weighted by Gasteiger charge is -2.34. The first-order chi connectivity index (χ1) is 13.6. The Hall–Kier alpha value is -2.06. The fraction of sp³-hybridized carbons (Fsp3) is 0.550. The number of thioether (sulfide) groups is 1. The maximum Gasteiger partial charge on any atom is 0.247 e. The lowest BCUT2D eigenvalue weighted by atomic mass is 9.95. The molecule has 1 aromatic rings. The number of ether oxygens (including phenoxy) is 1. The summed E-state index contributed by atoms with van der Waals surface area (Å²) in [5.41, 5.74) is 0.753. The van der Waals surface area contributed by atoms with Gasteiger partial charge in [-0.3, -0.25) is 14.4 Å². The van der Waals surface area contributed by atoms with Gasteiger partial charge in [-0.25, -0.2) is 0 Å². The van der Waals surface area contributed by atoms with E-state index in [-0.39, 0.29) is 29.7 Å². The molecule has 3 aliphatic heterocycles. The van der Waals surface area contributed by atoms with Crippen molar-refractivity contribution in [1.82, 2.24) is 10.2 Å². The van der Waals surface area contributed by atoms with E-state index in [9.17, 15) is 14.4 Å². The van der Waals surface area contributed by atoms with E-state index in [1.165, 1.54) is 11.8 Å². The number of hydrogen-bond donors (Lipinski definition) is 2. The molecule has 3 aliphatic rings. The minimum Gasteiger partial charge on any atom is -0.376 e. The van der Waals surface area contributed by atoms with Crippen molar-refractivity contribution in [2.45, 2.75) is 41.9 Å². The molecule has 0 aliphatic carbocycles. The second kappa shape index (κ2) is 8.53. The van der Waals surface area contributed by atoms with Gasteiger partial charge in [-0.1, -0.05) is 12.1 Å². The van der Waals surface area contributed by atoms with Gasteiger partial charge in [0.15, 0.2) is 5.25 Å². The summed E-state index contributed by atoms with van der Waals surface area (Å²) in [6, 6.07) is 7.49. The highest BCUT2D eigenvalue weighted by atomic mass is 32.2. The van der Waals surface area contributed by atoms with Crippen LogP contribution in [0.15, 0.2) is 29.2 Å². The summed E-state index contributed by atoms with van der Waals surface area (Å²) in [7, 11) is 0. The molecular weight excluding hydrogens is 378 g/mol. The Morgan fingerprint density at radius 1 is 1.21 bits per heavy atom. The lowest BCUT2D eigenvalue weighted by Crippen LogP contribution is -2.49. The molecule has 8 heteroatoms. The van der Waals surface area contributed by atoms with E-state index in [1.807, 2.05) is 24.3 Å². The SMILES string of the molecule is O=C(NC[C@H]1CCCO1)C1CCN(C(=O)[C@H]2Sc3ccccc3NC2=O)CC1. The van der Waals surface area contributed by atoms with E-state index in [2.05, 4.69) is 10.6 Å². The number of likely N-dealkylation sites (tertiary alicyclic amines) is 1. The van der Waals surface area contributed by atoms with E-state index in [4.69, 9.17) is 4.74 Å². The summed E-state index contributed by atoms with van der Waals surface area (Å²) >= 11 is 1.30. The van der Waals surface area contributed by atoms with Gasteiger partial charge < -0.3 is 20.3 Å². The van der Waals surface area contributed by atoms with Crippen molar-refractivity contribution in [3.05, 3.63) is 24.3 Å². The van der Waals surface area contributed by atoms with Crippen LogP contribution in [0.4, 0.5) is 5.69 Å². The van der Waals surface area contributed by atoms with Crippen LogP contribution in [0.3, 0.4) is 0 Å². The zero-order chi connectivity index (χ0) is 19.5. The Labute approximate surface area is 168 Å². The van der Waals surface area contributed by atoms with E-state index in [0.717, 1.165) is 30.0 Å². The van der Waals surface area contributed by atoms with Crippen LogP contribution < -0.4 is 10.6 Å². The predicted molar refractivity (Wildman–Crippen MR) is 106 cm³/mol. The van der Waals surface area contributed by atoms with E-state index < -0.39 is 5.25 Å². The summed E-state index contributed by atoms with van der Waals surface area (Å²) in [4.78, 5) is 40.3. The number of nitrogens with zero attached hydrogens (tertiary/aromatic N) is 1. The summed E-state index contributed by atoms with van der Waals surface area (Å²) in [5, 5.41) is 5.04. The summed E-state index contributed by atoms with van der Waals surface area (Å²) < 4.78 is 5.53. The second-order valence-electron chi connectivity index (χ2n) is 7.46. The fourth-order valence-electron chi connectivity index (χ4n) is 3.91. The minimum absolute atomic E-state index is 0.0429. The molecule has 0 saturated carbocycles. The highest BCUT2D eigenvalue weighted by Crippen LogP contribution is 2.36. The third-order valence-corrected chi connectivity index (χ3v) is 6.82. The molecule has 4 rings (SSSR count). The molecule has 7 nitrogen and oxygen atoms in total. The molecule has 150 valence electrons.